The summed E-state index contributed by atoms with van der Waals surface area (Å²) in [5, 5.41) is 0. The Hall–Kier alpha value is -0.560. The number of allylic oxidation sites excluding steroid dienone is 1. The lowest BCUT2D eigenvalue weighted by Crippen LogP contribution is -1.93. The van der Waals surface area contributed by atoms with Gasteiger partial charge in [-0.25, -0.2) is 0 Å². The molecule has 1 aromatic rings. The molecule has 0 spiro atoms. The summed E-state index contributed by atoms with van der Waals surface area (Å²) in [6.07, 6.45) is 3.10. The zero-order chi connectivity index (χ0) is 8.97. The molecule has 1 rings (SSSR count). The van der Waals surface area contributed by atoms with E-state index in [0.717, 1.165) is 6.42 Å². The summed E-state index contributed by atoms with van der Waals surface area (Å²) in [6, 6.07) is 8.30. The number of halogens is 1. The SMILES string of the molecule is C=CC(CC)c1ccccc1Br. The van der Waals surface area contributed by atoms with Gasteiger partial charge in [-0.3, -0.25) is 0 Å². The van der Waals surface area contributed by atoms with Crippen molar-refractivity contribution in [1.29, 1.82) is 0 Å². The van der Waals surface area contributed by atoms with E-state index in [1.54, 1.807) is 0 Å². The first kappa shape index (κ1) is 9.53. The van der Waals surface area contributed by atoms with Gasteiger partial charge in [-0.15, -0.1) is 6.58 Å². The maximum absolute atomic E-state index is 3.83. The van der Waals surface area contributed by atoms with Gasteiger partial charge in [0, 0.05) is 10.4 Å². The first-order chi connectivity index (χ1) is 5.79. The Morgan fingerprint density at radius 1 is 1.50 bits per heavy atom. The molecule has 1 heteroatoms. The third-order valence-corrected chi connectivity index (χ3v) is 2.75. The second-order valence-corrected chi connectivity index (χ2v) is 3.63. The van der Waals surface area contributed by atoms with Crippen molar-refractivity contribution in [3.8, 4) is 0 Å². The van der Waals surface area contributed by atoms with Crippen LogP contribution in [0.4, 0.5) is 0 Å². The maximum atomic E-state index is 3.83. The van der Waals surface area contributed by atoms with E-state index in [9.17, 15) is 0 Å². The van der Waals surface area contributed by atoms with E-state index >= 15 is 0 Å². The molecule has 0 amide bonds. The molecule has 12 heavy (non-hydrogen) atoms. The predicted octanol–water partition coefficient (Wildman–Crippen LogP) is 4.13. The van der Waals surface area contributed by atoms with Crippen LogP contribution in [0.25, 0.3) is 0 Å². The summed E-state index contributed by atoms with van der Waals surface area (Å²) in [4.78, 5) is 0. The Labute approximate surface area is 82.4 Å². The first-order valence-corrected chi connectivity index (χ1v) is 4.95. The van der Waals surface area contributed by atoms with Gasteiger partial charge >= 0.3 is 0 Å². The molecular weight excluding hydrogens is 212 g/mol. The summed E-state index contributed by atoms with van der Waals surface area (Å²) in [5.74, 6) is 0.473. The molecule has 0 aliphatic heterocycles. The molecule has 0 N–H and O–H groups in total. The molecule has 1 unspecified atom stereocenters. The van der Waals surface area contributed by atoms with E-state index < -0.39 is 0 Å². The largest absolute Gasteiger partial charge is 0.102 e. The summed E-state index contributed by atoms with van der Waals surface area (Å²) < 4.78 is 1.18. The number of hydrogen-bond donors (Lipinski definition) is 0. The smallest absolute Gasteiger partial charge is 0.0213 e. The van der Waals surface area contributed by atoms with Gasteiger partial charge in [-0.2, -0.15) is 0 Å². The Morgan fingerprint density at radius 2 is 2.17 bits per heavy atom. The fraction of sp³-hybridized carbons (Fsp3) is 0.273. The van der Waals surface area contributed by atoms with Crippen LogP contribution in [0.15, 0.2) is 41.4 Å². The van der Waals surface area contributed by atoms with Gasteiger partial charge in [0.05, 0.1) is 0 Å². The van der Waals surface area contributed by atoms with Crippen LogP contribution >= 0.6 is 15.9 Å². The minimum Gasteiger partial charge on any atom is -0.102 e. The fourth-order valence-corrected chi connectivity index (χ4v) is 1.87. The van der Waals surface area contributed by atoms with Gasteiger partial charge in [0.25, 0.3) is 0 Å². The molecule has 0 bridgehead atoms. The van der Waals surface area contributed by atoms with Gasteiger partial charge in [0.15, 0.2) is 0 Å². The minimum atomic E-state index is 0.473. The monoisotopic (exact) mass is 224 g/mol. The molecule has 64 valence electrons. The van der Waals surface area contributed by atoms with Crippen LogP contribution in [-0.2, 0) is 0 Å². The van der Waals surface area contributed by atoms with Crippen LogP contribution in [0.1, 0.15) is 24.8 Å². The predicted molar refractivity (Wildman–Crippen MR) is 57.4 cm³/mol. The second-order valence-electron chi connectivity index (χ2n) is 2.77. The van der Waals surface area contributed by atoms with Crippen molar-refractivity contribution in [1.82, 2.24) is 0 Å². The first-order valence-electron chi connectivity index (χ1n) is 4.16. The van der Waals surface area contributed by atoms with Crippen LogP contribution in [0.5, 0.6) is 0 Å². The van der Waals surface area contributed by atoms with E-state index in [0.29, 0.717) is 5.92 Å². The topological polar surface area (TPSA) is 0 Å². The third kappa shape index (κ3) is 1.98. The molecule has 1 aromatic carbocycles. The highest BCUT2D eigenvalue weighted by Crippen LogP contribution is 2.27. The fourth-order valence-electron chi connectivity index (χ4n) is 1.29. The quantitative estimate of drug-likeness (QED) is 0.678. The highest BCUT2D eigenvalue weighted by atomic mass is 79.9. The van der Waals surface area contributed by atoms with Crippen molar-refractivity contribution in [2.24, 2.45) is 0 Å². The molecular formula is C11H13Br. The molecule has 0 heterocycles. The average molecular weight is 225 g/mol. The van der Waals surface area contributed by atoms with Crippen molar-refractivity contribution >= 4 is 15.9 Å². The Kier molecular flexibility index (Phi) is 3.54. The van der Waals surface area contributed by atoms with E-state index in [-0.39, 0.29) is 0 Å². The Morgan fingerprint density at radius 3 is 2.67 bits per heavy atom. The summed E-state index contributed by atoms with van der Waals surface area (Å²) in [6.45, 7) is 6.00. The molecule has 1 atom stereocenters. The molecule has 0 fully saturated rings. The zero-order valence-corrected chi connectivity index (χ0v) is 8.84. The van der Waals surface area contributed by atoms with Crippen molar-refractivity contribution in [2.75, 3.05) is 0 Å². The number of rotatable bonds is 3. The normalized spacial score (nSPS) is 12.5. The van der Waals surface area contributed by atoms with Crippen molar-refractivity contribution in [3.63, 3.8) is 0 Å². The van der Waals surface area contributed by atoms with Crippen molar-refractivity contribution in [2.45, 2.75) is 19.3 Å². The standard InChI is InChI=1S/C11H13Br/c1-3-9(4-2)10-7-5-6-8-11(10)12/h3,5-9H,1,4H2,2H3. The van der Waals surface area contributed by atoms with Gasteiger partial charge in [-0.1, -0.05) is 47.1 Å². The molecule has 0 saturated heterocycles. The number of benzene rings is 1. The van der Waals surface area contributed by atoms with Gasteiger partial charge in [0.2, 0.25) is 0 Å². The molecule has 0 saturated carbocycles. The third-order valence-electron chi connectivity index (χ3n) is 2.03. The molecule has 0 aromatic heterocycles. The zero-order valence-electron chi connectivity index (χ0n) is 7.26. The lowest BCUT2D eigenvalue weighted by Gasteiger charge is -2.11. The van der Waals surface area contributed by atoms with Crippen LogP contribution in [0.3, 0.4) is 0 Å². The summed E-state index contributed by atoms with van der Waals surface area (Å²) in [7, 11) is 0. The van der Waals surface area contributed by atoms with Crippen LogP contribution in [-0.4, -0.2) is 0 Å². The molecule has 0 nitrogen and oxygen atoms in total. The van der Waals surface area contributed by atoms with E-state index in [4.69, 9.17) is 0 Å². The highest BCUT2D eigenvalue weighted by Gasteiger charge is 2.06. The van der Waals surface area contributed by atoms with Crippen LogP contribution < -0.4 is 0 Å². The van der Waals surface area contributed by atoms with E-state index in [1.165, 1.54) is 10.0 Å². The number of hydrogen-bond acceptors (Lipinski definition) is 0. The lowest BCUT2D eigenvalue weighted by atomic mass is 9.97. The summed E-state index contributed by atoms with van der Waals surface area (Å²) in [5.41, 5.74) is 1.33. The average Bonchev–Trinajstić information content (AvgIpc) is 2.10. The lowest BCUT2D eigenvalue weighted by molar-refractivity contribution is 0.803. The van der Waals surface area contributed by atoms with Gasteiger partial charge in [-0.05, 0) is 18.1 Å². The highest BCUT2D eigenvalue weighted by molar-refractivity contribution is 9.10. The Balaban J connectivity index is 3.00. The molecule has 0 aliphatic carbocycles. The van der Waals surface area contributed by atoms with Crippen LogP contribution in [0.2, 0.25) is 0 Å². The minimum absolute atomic E-state index is 0.473. The molecule has 0 aliphatic rings. The molecule has 0 radical (unpaired) electrons. The second kappa shape index (κ2) is 4.46. The van der Waals surface area contributed by atoms with Crippen LogP contribution in [0, 0.1) is 0 Å². The van der Waals surface area contributed by atoms with E-state index in [2.05, 4.69) is 47.6 Å². The van der Waals surface area contributed by atoms with Crippen molar-refractivity contribution < 1.29 is 0 Å². The summed E-state index contributed by atoms with van der Waals surface area (Å²) >= 11 is 3.53. The van der Waals surface area contributed by atoms with Gasteiger partial charge < -0.3 is 0 Å². The Bertz CT molecular complexity index is 265. The van der Waals surface area contributed by atoms with Gasteiger partial charge in [0.1, 0.15) is 0 Å². The van der Waals surface area contributed by atoms with Crippen molar-refractivity contribution in [3.05, 3.63) is 47.0 Å². The maximum Gasteiger partial charge on any atom is 0.0213 e. The van der Waals surface area contributed by atoms with E-state index in [1.807, 2.05) is 12.1 Å².